The number of nitrogens with one attached hydrogen (secondary N) is 2. The summed E-state index contributed by atoms with van der Waals surface area (Å²) in [4.78, 5) is 16.1. The number of aromatic nitrogens is 3. The number of methoxy groups -OCH3 is 1. The van der Waals surface area contributed by atoms with Crippen molar-refractivity contribution in [2.75, 3.05) is 33.4 Å². The summed E-state index contributed by atoms with van der Waals surface area (Å²) in [7, 11) is 1.59. The lowest BCUT2D eigenvalue weighted by molar-refractivity contribution is -0.121. The van der Waals surface area contributed by atoms with Gasteiger partial charge in [0.15, 0.2) is 5.65 Å². The molecule has 0 aliphatic carbocycles. The molecule has 0 aromatic carbocycles. The summed E-state index contributed by atoms with van der Waals surface area (Å²) in [6, 6.07) is 4.03. The second-order valence-electron chi connectivity index (χ2n) is 5.77. The zero-order valence-corrected chi connectivity index (χ0v) is 13.4. The highest BCUT2D eigenvalue weighted by Crippen LogP contribution is 2.27. The average molecular weight is 317 g/mol. The molecule has 1 amide bonds. The largest absolute Gasteiger partial charge is 0.384 e. The first kappa shape index (κ1) is 15.9. The Morgan fingerprint density at radius 1 is 1.57 bits per heavy atom. The van der Waals surface area contributed by atoms with Gasteiger partial charge in [-0.15, -0.1) is 0 Å². The van der Waals surface area contributed by atoms with Crippen molar-refractivity contribution in [1.29, 1.82) is 0 Å². The Bertz CT molecular complexity index is 664. The zero-order valence-electron chi connectivity index (χ0n) is 13.4. The van der Waals surface area contributed by atoms with Gasteiger partial charge in [-0.25, -0.2) is 9.67 Å². The van der Waals surface area contributed by atoms with Gasteiger partial charge in [0, 0.05) is 44.1 Å². The maximum atomic E-state index is 11.6. The SMILES string of the molecule is COCCC(=O)NCCn1nc([C@H]2CCNC2)c2cccnc21. The quantitative estimate of drug-likeness (QED) is 0.784. The van der Waals surface area contributed by atoms with Gasteiger partial charge in [-0.05, 0) is 25.1 Å². The summed E-state index contributed by atoms with van der Waals surface area (Å²) < 4.78 is 6.80. The van der Waals surface area contributed by atoms with E-state index in [2.05, 4.69) is 21.7 Å². The number of pyridine rings is 1. The van der Waals surface area contributed by atoms with Gasteiger partial charge in [-0.2, -0.15) is 5.10 Å². The number of fused-ring (bicyclic) bond motifs is 1. The molecule has 2 aromatic heterocycles. The Kier molecular flexibility index (Phi) is 5.19. The highest BCUT2D eigenvalue weighted by atomic mass is 16.5. The zero-order chi connectivity index (χ0) is 16.1. The Labute approximate surface area is 135 Å². The fourth-order valence-electron chi connectivity index (χ4n) is 2.96. The summed E-state index contributed by atoms with van der Waals surface area (Å²) in [5, 5.41) is 12.2. The van der Waals surface area contributed by atoms with Crippen LogP contribution in [0, 0.1) is 0 Å². The highest BCUT2D eigenvalue weighted by Gasteiger charge is 2.23. The van der Waals surface area contributed by atoms with Crippen molar-refractivity contribution in [3.63, 3.8) is 0 Å². The Balaban J connectivity index is 1.69. The van der Waals surface area contributed by atoms with Crippen molar-refractivity contribution in [3.8, 4) is 0 Å². The van der Waals surface area contributed by atoms with E-state index in [-0.39, 0.29) is 5.91 Å². The minimum atomic E-state index is -0.00325. The molecule has 2 aromatic rings. The number of carbonyl (C=O) groups is 1. The van der Waals surface area contributed by atoms with Crippen LogP contribution in [0.3, 0.4) is 0 Å². The fourth-order valence-corrected chi connectivity index (χ4v) is 2.96. The van der Waals surface area contributed by atoms with Gasteiger partial charge in [0.1, 0.15) is 0 Å². The molecule has 1 aliphatic rings. The molecule has 23 heavy (non-hydrogen) atoms. The standard InChI is InChI=1S/C16H23N5O2/c1-23-10-5-14(22)18-8-9-21-16-13(3-2-6-19-16)15(20-21)12-4-7-17-11-12/h2-3,6,12,17H,4-5,7-11H2,1H3,(H,18,22)/t12-/m0/s1. The maximum absolute atomic E-state index is 11.6. The van der Waals surface area contributed by atoms with E-state index < -0.39 is 0 Å². The second kappa shape index (κ2) is 7.52. The number of hydrogen-bond donors (Lipinski definition) is 2. The molecule has 1 aliphatic heterocycles. The molecule has 1 saturated heterocycles. The van der Waals surface area contributed by atoms with E-state index in [9.17, 15) is 4.79 Å². The molecule has 0 bridgehead atoms. The first-order chi connectivity index (χ1) is 11.3. The molecular weight excluding hydrogens is 294 g/mol. The topological polar surface area (TPSA) is 81.1 Å². The Morgan fingerprint density at radius 3 is 3.26 bits per heavy atom. The molecule has 7 nitrogen and oxygen atoms in total. The van der Waals surface area contributed by atoms with E-state index >= 15 is 0 Å². The molecular formula is C16H23N5O2. The van der Waals surface area contributed by atoms with E-state index in [1.54, 1.807) is 13.3 Å². The lowest BCUT2D eigenvalue weighted by Crippen LogP contribution is -2.28. The third-order valence-corrected chi connectivity index (χ3v) is 4.16. The normalized spacial score (nSPS) is 17.7. The highest BCUT2D eigenvalue weighted by molar-refractivity contribution is 5.79. The molecule has 1 fully saturated rings. The maximum Gasteiger partial charge on any atom is 0.222 e. The lowest BCUT2D eigenvalue weighted by Gasteiger charge is -2.06. The van der Waals surface area contributed by atoms with Crippen molar-refractivity contribution in [3.05, 3.63) is 24.0 Å². The number of nitrogens with zero attached hydrogens (tertiary/aromatic N) is 3. The average Bonchev–Trinajstić information content (AvgIpc) is 3.21. The molecule has 0 spiro atoms. The molecule has 7 heteroatoms. The van der Waals surface area contributed by atoms with Gasteiger partial charge in [0.05, 0.1) is 18.8 Å². The van der Waals surface area contributed by atoms with Crippen molar-refractivity contribution in [2.24, 2.45) is 0 Å². The summed E-state index contributed by atoms with van der Waals surface area (Å²) in [6.45, 7) is 3.60. The fraction of sp³-hybridized carbons (Fsp3) is 0.562. The minimum absolute atomic E-state index is 0.00325. The second-order valence-corrected chi connectivity index (χ2v) is 5.77. The predicted molar refractivity (Wildman–Crippen MR) is 87.3 cm³/mol. The third-order valence-electron chi connectivity index (χ3n) is 4.16. The van der Waals surface area contributed by atoms with Crippen molar-refractivity contribution < 1.29 is 9.53 Å². The molecule has 1 atom stereocenters. The van der Waals surface area contributed by atoms with Crippen LogP contribution >= 0.6 is 0 Å². The monoisotopic (exact) mass is 317 g/mol. The van der Waals surface area contributed by atoms with Gasteiger partial charge in [0.25, 0.3) is 0 Å². The van der Waals surface area contributed by atoms with Gasteiger partial charge >= 0.3 is 0 Å². The van der Waals surface area contributed by atoms with Crippen LogP contribution < -0.4 is 10.6 Å². The van der Waals surface area contributed by atoms with Crippen LogP contribution in [0.2, 0.25) is 0 Å². The first-order valence-corrected chi connectivity index (χ1v) is 8.07. The van der Waals surface area contributed by atoms with Gasteiger partial charge < -0.3 is 15.4 Å². The number of carbonyl (C=O) groups excluding carboxylic acids is 1. The third kappa shape index (κ3) is 3.68. The molecule has 0 radical (unpaired) electrons. The molecule has 0 saturated carbocycles. The minimum Gasteiger partial charge on any atom is -0.384 e. The molecule has 124 valence electrons. The van der Waals surface area contributed by atoms with Crippen LogP contribution in [-0.4, -0.2) is 54.0 Å². The van der Waals surface area contributed by atoms with Crippen molar-refractivity contribution in [2.45, 2.75) is 25.3 Å². The molecule has 3 heterocycles. The first-order valence-electron chi connectivity index (χ1n) is 8.07. The lowest BCUT2D eigenvalue weighted by atomic mass is 10.0. The predicted octanol–water partition coefficient (Wildman–Crippen LogP) is 0.661. The van der Waals surface area contributed by atoms with E-state index in [0.717, 1.165) is 36.2 Å². The van der Waals surface area contributed by atoms with Crippen molar-refractivity contribution >= 4 is 16.9 Å². The van der Waals surface area contributed by atoms with E-state index in [4.69, 9.17) is 9.84 Å². The smallest absolute Gasteiger partial charge is 0.222 e. The van der Waals surface area contributed by atoms with Gasteiger partial charge in [-0.3, -0.25) is 4.79 Å². The van der Waals surface area contributed by atoms with Gasteiger partial charge in [-0.1, -0.05) is 0 Å². The van der Waals surface area contributed by atoms with Crippen LogP contribution in [0.1, 0.15) is 24.5 Å². The molecule has 3 rings (SSSR count). The van der Waals surface area contributed by atoms with E-state index in [1.807, 2.05) is 10.7 Å². The summed E-state index contributed by atoms with van der Waals surface area (Å²) >= 11 is 0. The van der Waals surface area contributed by atoms with E-state index in [0.29, 0.717) is 32.0 Å². The number of rotatable bonds is 7. The summed E-state index contributed by atoms with van der Waals surface area (Å²) in [5.74, 6) is 0.440. The Hall–Kier alpha value is -1.99. The van der Waals surface area contributed by atoms with Crippen LogP contribution in [0.5, 0.6) is 0 Å². The van der Waals surface area contributed by atoms with Gasteiger partial charge in [0.2, 0.25) is 5.91 Å². The van der Waals surface area contributed by atoms with E-state index in [1.165, 1.54) is 0 Å². The molecule has 0 unspecified atom stereocenters. The summed E-state index contributed by atoms with van der Waals surface area (Å²) in [6.07, 6.45) is 3.27. The van der Waals surface area contributed by atoms with Crippen LogP contribution in [0.25, 0.3) is 11.0 Å². The van der Waals surface area contributed by atoms with Crippen LogP contribution in [0.15, 0.2) is 18.3 Å². The number of amides is 1. The summed E-state index contributed by atoms with van der Waals surface area (Å²) in [5.41, 5.74) is 2.00. The molecule has 2 N–H and O–H groups in total. The Morgan fingerprint density at radius 2 is 2.48 bits per heavy atom. The number of hydrogen-bond acceptors (Lipinski definition) is 5. The van der Waals surface area contributed by atoms with Crippen molar-refractivity contribution in [1.82, 2.24) is 25.4 Å². The van der Waals surface area contributed by atoms with Crippen LogP contribution in [-0.2, 0) is 16.1 Å². The van der Waals surface area contributed by atoms with Crippen LogP contribution in [0.4, 0.5) is 0 Å². The number of ether oxygens (including phenoxy) is 1.